The standard InChI is InChI=1S/C8H5O4/c9-7(10)5-2-1-3-6(4-5)8(11)12/h1-2,4H,(H,9,10)(H,11,12). The second kappa shape index (κ2) is 3.04. The number of carboxylic acids is 2. The number of rotatable bonds is 2. The van der Waals surface area contributed by atoms with Crippen molar-refractivity contribution < 1.29 is 19.8 Å². The molecule has 12 heavy (non-hydrogen) atoms. The molecule has 0 aromatic heterocycles. The number of benzene rings is 1. The number of carboxylic acid groups (broad SMARTS) is 2. The minimum absolute atomic E-state index is 0.0499. The number of hydrogen-bond donors (Lipinski definition) is 2. The van der Waals surface area contributed by atoms with Crippen LogP contribution < -0.4 is 0 Å². The van der Waals surface area contributed by atoms with Gasteiger partial charge in [-0.25, -0.2) is 9.59 Å². The molecule has 0 saturated carbocycles. The lowest BCUT2D eigenvalue weighted by molar-refractivity contribution is 0.0695. The Balaban J connectivity index is 3.12. The third-order valence-corrected chi connectivity index (χ3v) is 1.28. The van der Waals surface area contributed by atoms with Crippen LogP contribution in [-0.4, -0.2) is 22.2 Å². The van der Waals surface area contributed by atoms with E-state index in [9.17, 15) is 9.59 Å². The Morgan fingerprint density at radius 2 is 1.92 bits per heavy atom. The second-order valence-corrected chi connectivity index (χ2v) is 2.10. The first-order chi connectivity index (χ1) is 5.61. The van der Waals surface area contributed by atoms with E-state index in [0.717, 1.165) is 6.07 Å². The molecule has 0 spiro atoms. The van der Waals surface area contributed by atoms with E-state index < -0.39 is 11.9 Å². The summed E-state index contributed by atoms with van der Waals surface area (Å²) in [5.41, 5.74) is -0.193. The summed E-state index contributed by atoms with van der Waals surface area (Å²) in [6.45, 7) is 0. The van der Waals surface area contributed by atoms with E-state index in [4.69, 9.17) is 10.2 Å². The van der Waals surface area contributed by atoms with E-state index in [2.05, 4.69) is 6.07 Å². The maximum Gasteiger partial charge on any atom is 0.336 e. The molecule has 0 heterocycles. The largest absolute Gasteiger partial charge is 0.478 e. The molecule has 0 amide bonds. The van der Waals surface area contributed by atoms with Crippen LogP contribution >= 0.6 is 0 Å². The summed E-state index contributed by atoms with van der Waals surface area (Å²) in [5, 5.41) is 17.0. The SMILES string of the molecule is O=C(O)c1[c]ccc(C(=O)O)c1. The van der Waals surface area contributed by atoms with E-state index in [0.29, 0.717) is 0 Å². The van der Waals surface area contributed by atoms with Gasteiger partial charge < -0.3 is 10.2 Å². The van der Waals surface area contributed by atoms with Crippen molar-refractivity contribution in [2.45, 2.75) is 0 Å². The van der Waals surface area contributed by atoms with Crippen molar-refractivity contribution >= 4 is 11.9 Å². The topological polar surface area (TPSA) is 74.6 Å². The second-order valence-electron chi connectivity index (χ2n) is 2.10. The third kappa shape index (κ3) is 1.60. The van der Waals surface area contributed by atoms with Gasteiger partial charge in [0, 0.05) is 0 Å². The average molecular weight is 165 g/mol. The zero-order valence-corrected chi connectivity index (χ0v) is 5.94. The smallest absolute Gasteiger partial charge is 0.336 e. The zero-order chi connectivity index (χ0) is 9.14. The van der Waals surface area contributed by atoms with E-state index >= 15 is 0 Å². The molecule has 0 aliphatic heterocycles. The first kappa shape index (κ1) is 8.26. The predicted octanol–water partition coefficient (Wildman–Crippen LogP) is 0.883. The van der Waals surface area contributed by atoms with E-state index in [1.165, 1.54) is 12.1 Å². The quantitative estimate of drug-likeness (QED) is 0.682. The highest BCUT2D eigenvalue weighted by Gasteiger charge is 2.07. The van der Waals surface area contributed by atoms with Gasteiger partial charge in [0.25, 0.3) is 0 Å². The molecule has 0 aliphatic rings. The number of hydrogen-bond acceptors (Lipinski definition) is 2. The van der Waals surface area contributed by atoms with Gasteiger partial charge in [-0.1, -0.05) is 6.07 Å². The van der Waals surface area contributed by atoms with Gasteiger partial charge in [-0.15, -0.1) is 0 Å². The molecule has 0 bridgehead atoms. The third-order valence-electron chi connectivity index (χ3n) is 1.28. The van der Waals surface area contributed by atoms with Gasteiger partial charge in [0.2, 0.25) is 0 Å². The van der Waals surface area contributed by atoms with Crippen LogP contribution in [0.2, 0.25) is 0 Å². The normalized spacial score (nSPS) is 9.33. The summed E-state index contributed by atoms with van der Waals surface area (Å²) in [6.07, 6.45) is 0. The lowest BCUT2D eigenvalue weighted by Crippen LogP contribution is -2.01. The van der Waals surface area contributed by atoms with Gasteiger partial charge >= 0.3 is 11.9 Å². The van der Waals surface area contributed by atoms with Crippen molar-refractivity contribution in [3.63, 3.8) is 0 Å². The van der Waals surface area contributed by atoms with E-state index in [1.807, 2.05) is 0 Å². The lowest BCUT2D eigenvalue weighted by Gasteiger charge is -1.94. The highest BCUT2D eigenvalue weighted by atomic mass is 16.4. The van der Waals surface area contributed by atoms with Gasteiger partial charge in [-0.3, -0.25) is 0 Å². The molecule has 0 unspecified atom stereocenters. The molecule has 0 atom stereocenters. The maximum atomic E-state index is 10.4. The predicted molar refractivity (Wildman–Crippen MR) is 39.2 cm³/mol. The van der Waals surface area contributed by atoms with Crippen LogP contribution in [-0.2, 0) is 0 Å². The molecule has 0 fully saturated rings. The van der Waals surface area contributed by atoms with Crippen LogP contribution in [0.4, 0.5) is 0 Å². The van der Waals surface area contributed by atoms with Gasteiger partial charge in [-0.2, -0.15) is 0 Å². The molecule has 4 nitrogen and oxygen atoms in total. The van der Waals surface area contributed by atoms with Gasteiger partial charge in [0.15, 0.2) is 0 Å². The Hall–Kier alpha value is -1.84. The fraction of sp³-hybridized carbons (Fsp3) is 0. The summed E-state index contributed by atoms with van der Waals surface area (Å²) in [6, 6.07) is 6.02. The highest BCUT2D eigenvalue weighted by Crippen LogP contribution is 2.03. The van der Waals surface area contributed by atoms with Crippen LogP contribution in [0, 0.1) is 6.07 Å². The van der Waals surface area contributed by atoms with Crippen molar-refractivity contribution in [1.29, 1.82) is 0 Å². The molecule has 1 rings (SSSR count). The van der Waals surface area contributed by atoms with E-state index in [-0.39, 0.29) is 11.1 Å². The first-order valence-corrected chi connectivity index (χ1v) is 3.09. The maximum absolute atomic E-state index is 10.4. The Kier molecular flexibility index (Phi) is 2.09. The van der Waals surface area contributed by atoms with Crippen molar-refractivity contribution in [3.8, 4) is 0 Å². The van der Waals surface area contributed by atoms with Crippen LogP contribution in [0.1, 0.15) is 20.7 Å². The zero-order valence-electron chi connectivity index (χ0n) is 5.94. The molecular weight excluding hydrogens is 160 g/mol. The van der Waals surface area contributed by atoms with Crippen LogP contribution in [0.5, 0.6) is 0 Å². The fourth-order valence-electron chi connectivity index (χ4n) is 0.723. The minimum Gasteiger partial charge on any atom is -0.478 e. The number of aromatic carboxylic acids is 2. The number of carbonyl (C=O) groups is 2. The molecular formula is C8H5O4. The van der Waals surface area contributed by atoms with Crippen LogP contribution in [0.15, 0.2) is 18.2 Å². The van der Waals surface area contributed by atoms with E-state index in [1.54, 1.807) is 0 Å². The molecule has 1 radical (unpaired) electrons. The monoisotopic (exact) mass is 165 g/mol. The van der Waals surface area contributed by atoms with Crippen molar-refractivity contribution in [3.05, 3.63) is 35.4 Å². The molecule has 61 valence electrons. The molecule has 0 saturated heterocycles. The summed E-state index contributed by atoms with van der Waals surface area (Å²) in [7, 11) is 0. The van der Waals surface area contributed by atoms with Gasteiger partial charge in [-0.05, 0) is 18.2 Å². The first-order valence-electron chi connectivity index (χ1n) is 3.09. The fourth-order valence-corrected chi connectivity index (χ4v) is 0.723. The Labute approximate surface area is 68.1 Å². The van der Waals surface area contributed by atoms with Crippen LogP contribution in [0.3, 0.4) is 0 Å². The summed E-state index contributed by atoms with van der Waals surface area (Å²) >= 11 is 0. The molecule has 1 aromatic rings. The van der Waals surface area contributed by atoms with Gasteiger partial charge in [0.05, 0.1) is 11.1 Å². The minimum atomic E-state index is -1.18. The van der Waals surface area contributed by atoms with Gasteiger partial charge in [0.1, 0.15) is 0 Å². The lowest BCUT2D eigenvalue weighted by atomic mass is 10.1. The van der Waals surface area contributed by atoms with Crippen molar-refractivity contribution in [2.24, 2.45) is 0 Å². The van der Waals surface area contributed by atoms with Crippen LogP contribution in [0.25, 0.3) is 0 Å². The molecule has 2 N–H and O–H groups in total. The summed E-state index contributed by atoms with van der Waals surface area (Å²) < 4.78 is 0. The Morgan fingerprint density at radius 1 is 1.25 bits per heavy atom. The molecule has 1 aromatic carbocycles. The summed E-state index contributed by atoms with van der Waals surface area (Å²) in [5.74, 6) is -2.33. The average Bonchev–Trinajstić information content (AvgIpc) is 2.04. The van der Waals surface area contributed by atoms with Crippen molar-refractivity contribution in [1.82, 2.24) is 0 Å². The Bertz CT molecular complexity index is 300. The Morgan fingerprint density at radius 3 is 2.42 bits per heavy atom. The summed E-state index contributed by atoms with van der Waals surface area (Å²) in [4.78, 5) is 20.7. The molecule has 4 heteroatoms. The van der Waals surface area contributed by atoms with Crippen molar-refractivity contribution in [2.75, 3.05) is 0 Å². The molecule has 0 aliphatic carbocycles. The highest BCUT2D eigenvalue weighted by molar-refractivity contribution is 5.93.